The van der Waals surface area contributed by atoms with Gasteiger partial charge < -0.3 is 10.1 Å². The minimum atomic E-state index is -0.576. The second-order valence-corrected chi connectivity index (χ2v) is 10.6. The summed E-state index contributed by atoms with van der Waals surface area (Å²) in [6.45, 7) is 0. The quantitative estimate of drug-likeness (QED) is 0.0898. The second-order valence-electron chi connectivity index (χ2n) is 7.90. The van der Waals surface area contributed by atoms with E-state index in [0.717, 1.165) is 4.47 Å². The summed E-state index contributed by atoms with van der Waals surface area (Å²) < 4.78 is 7.09. The molecule has 0 unspecified atom stereocenters. The average Bonchev–Trinajstić information content (AvgIpc) is 2.90. The van der Waals surface area contributed by atoms with Crippen LogP contribution in [0.25, 0.3) is 0 Å². The normalized spacial score (nSPS) is 10.8. The van der Waals surface area contributed by atoms with Crippen LogP contribution in [0.5, 0.6) is 5.75 Å². The maximum Gasteiger partial charge on any atom is 0.343 e. The number of carbonyl (C=O) groups is 3. The van der Waals surface area contributed by atoms with Crippen LogP contribution in [0, 0.1) is 0 Å². The van der Waals surface area contributed by atoms with Crippen LogP contribution in [0.2, 0.25) is 10.0 Å². The summed E-state index contributed by atoms with van der Waals surface area (Å²) in [5.74, 6) is -1.38. The zero-order chi connectivity index (χ0) is 27.9. The number of ether oxygens (including phenoxy) is 1. The van der Waals surface area contributed by atoms with Crippen molar-refractivity contribution in [2.45, 2.75) is 0 Å². The molecule has 4 rings (SSSR count). The molecule has 0 aliphatic carbocycles. The molecule has 0 fully saturated rings. The highest BCUT2D eigenvalue weighted by Gasteiger charge is 2.16. The van der Waals surface area contributed by atoms with Gasteiger partial charge in [-0.25, -0.2) is 10.2 Å². The number of nitrogens with zero attached hydrogens (tertiary/aromatic N) is 1. The van der Waals surface area contributed by atoms with Crippen LogP contribution in [-0.4, -0.2) is 24.0 Å². The third-order valence-electron chi connectivity index (χ3n) is 5.22. The van der Waals surface area contributed by atoms with E-state index in [0.29, 0.717) is 20.6 Å². The van der Waals surface area contributed by atoms with Crippen LogP contribution in [-0.2, 0) is 0 Å². The van der Waals surface area contributed by atoms with Crippen LogP contribution >= 0.6 is 55.1 Å². The third-order valence-corrected chi connectivity index (χ3v) is 6.79. The number of carbonyl (C=O) groups excluding carboxylic acids is 3. The van der Waals surface area contributed by atoms with Gasteiger partial charge >= 0.3 is 5.97 Å². The largest absolute Gasteiger partial charge is 0.422 e. The Morgan fingerprint density at radius 2 is 1.51 bits per heavy atom. The fourth-order valence-corrected chi connectivity index (χ4v) is 4.47. The molecule has 0 aliphatic heterocycles. The van der Waals surface area contributed by atoms with Crippen molar-refractivity contribution in [3.8, 4) is 5.75 Å². The molecule has 11 heteroatoms. The van der Waals surface area contributed by atoms with Crippen molar-refractivity contribution in [2.24, 2.45) is 5.10 Å². The predicted octanol–water partition coefficient (Wildman–Crippen LogP) is 7.75. The van der Waals surface area contributed by atoms with E-state index in [-0.39, 0.29) is 27.6 Å². The van der Waals surface area contributed by atoms with E-state index in [1.807, 2.05) is 0 Å². The van der Waals surface area contributed by atoms with Gasteiger partial charge in [0.1, 0.15) is 5.75 Å². The van der Waals surface area contributed by atoms with Gasteiger partial charge in [-0.1, -0.05) is 67.2 Å². The molecule has 196 valence electrons. The van der Waals surface area contributed by atoms with Gasteiger partial charge in [0.05, 0.1) is 33.6 Å². The van der Waals surface area contributed by atoms with Crippen molar-refractivity contribution in [3.63, 3.8) is 0 Å². The maximum absolute atomic E-state index is 12.9. The van der Waals surface area contributed by atoms with Crippen molar-refractivity contribution >= 4 is 84.7 Å². The van der Waals surface area contributed by atoms with Crippen molar-refractivity contribution in [1.29, 1.82) is 0 Å². The minimum absolute atomic E-state index is 0.171. The second kappa shape index (κ2) is 13.0. The smallest absolute Gasteiger partial charge is 0.343 e. The number of benzene rings is 4. The van der Waals surface area contributed by atoms with Crippen LogP contribution in [0.1, 0.15) is 36.6 Å². The first-order valence-electron chi connectivity index (χ1n) is 11.2. The van der Waals surface area contributed by atoms with Gasteiger partial charge in [-0.2, -0.15) is 5.10 Å². The number of para-hydroxylation sites is 1. The number of amides is 2. The number of hydrogen-bond acceptors (Lipinski definition) is 5. The Bertz CT molecular complexity index is 1590. The Morgan fingerprint density at radius 3 is 2.26 bits per heavy atom. The van der Waals surface area contributed by atoms with Crippen molar-refractivity contribution in [3.05, 3.63) is 126 Å². The van der Waals surface area contributed by atoms with Gasteiger partial charge in [-0.3, -0.25) is 9.59 Å². The number of esters is 1. The molecular formula is C28H17Br2Cl2N3O4. The highest BCUT2D eigenvalue weighted by molar-refractivity contribution is 9.10. The summed E-state index contributed by atoms with van der Waals surface area (Å²) in [6, 6.07) is 22.7. The van der Waals surface area contributed by atoms with Gasteiger partial charge in [-0.05, 0) is 72.8 Å². The van der Waals surface area contributed by atoms with Crippen LogP contribution in [0.3, 0.4) is 0 Å². The molecular weight excluding hydrogens is 673 g/mol. The Hall–Kier alpha value is -3.50. The summed E-state index contributed by atoms with van der Waals surface area (Å²) in [5, 5.41) is 7.28. The van der Waals surface area contributed by atoms with Gasteiger partial charge in [0, 0.05) is 19.5 Å². The van der Waals surface area contributed by atoms with E-state index in [1.165, 1.54) is 24.4 Å². The fraction of sp³-hybridized carbons (Fsp3) is 0. The minimum Gasteiger partial charge on any atom is -0.422 e. The Labute approximate surface area is 250 Å². The standard InChI is InChI=1S/C28H17Br2Cl2N3O4/c29-18-7-5-16(6-8-18)28(38)39-25-12-9-19(30)13-17(25)15-33-35-27(37)22-3-1-2-4-24(22)34-26(36)21-11-10-20(31)14-23(21)32/h1-15H,(H,34,36)(H,35,37)/b33-15-. The van der Waals surface area contributed by atoms with Crippen LogP contribution in [0.4, 0.5) is 5.69 Å². The summed E-state index contributed by atoms with van der Waals surface area (Å²) >= 11 is 18.8. The van der Waals surface area contributed by atoms with Crippen molar-refractivity contribution in [2.75, 3.05) is 5.32 Å². The summed E-state index contributed by atoms with van der Waals surface area (Å²) in [7, 11) is 0. The van der Waals surface area contributed by atoms with Crippen LogP contribution < -0.4 is 15.5 Å². The maximum atomic E-state index is 12.9. The van der Waals surface area contributed by atoms with E-state index in [2.05, 4.69) is 47.7 Å². The Kier molecular flexibility index (Phi) is 9.53. The molecule has 0 bridgehead atoms. The van der Waals surface area contributed by atoms with Gasteiger partial charge in [-0.15, -0.1) is 0 Å². The summed E-state index contributed by atoms with van der Waals surface area (Å²) in [5.41, 5.74) is 3.87. The molecule has 0 saturated carbocycles. The Morgan fingerprint density at radius 1 is 0.795 bits per heavy atom. The van der Waals surface area contributed by atoms with E-state index < -0.39 is 17.8 Å². The molecule has 0 aliphatic rings. The first-order chi connectivity index (χ1) is 18.7. The lowest BCUT2D eigenvalue weighted by atomic mass is 10.1. The lowest BCUT2D eigenvalue weighted by molar-refractivity contribution is 0.0733. The van der Waals surface area contributed by atoms with Crippen molar-refractivity contribution in [1.82, 2.24) is 5.43 Å². The van der Waals surface area contributed by atoms with Gasteiger partial charge in [0.25, 0.3) is 11.8 Å². The molecule has 0 saturated heterocycles. The average molecular weight is 690 g/mol. The number of hydrazone groups is 1. The van der Waals surface area contributed by atoms with E-state index in [9.17, 15) is 14.4 Å². The fourth-order valence-electron chi connectivity index (χ4n) is 3.33. The summed E-state index contributed by atoms with van der Waals surface area (Å²) in [4.78, 5) is 38.2. The molecule has 2 amide bonds. The summed E-state index contributed by atoms with van der Waals surface area (Å²) in [6.07, 6.45) is 1.35. The number of rotatable bonds is 7. The molecule has 0 spiro atoms. The highest BCUT2D eigenvalue weighted by Crippen LogP contribution is 2.25. The number of nitrogens with one attached hydrogen (secondary N) is 2. The number of halogens is 4. The van der Waals surface area contributed by atoms with Crippen molar-refractivity contribution < 1.29 is 19.1 Å². The number of hydrogen-bond donors (Lipinski definition) is 2. The zero-order valence-electron chi connectivity index (χ0n) is 19.8. The molecule has 0 aromatic heterocycles. The number of anilines is 1. The van der Waals surface area contributed by atoms with Gasteiger partial charge in [0.2, 0.25) is 0 Å². The third kappa shape index (κ3) is 7.54. The molecule has 4 aromatic rings. The monoisotopic (exact) mass is 687 g/mol. The molecule has 0 atom stereocenters. The highest BCUT2D eigenvalue weighted by atomic mass is 79.9. The van der Waals surface area contributed by atoms with Gasteiger partial charge in [0.15, 0.2) is 0 Å². The zero-order valence-corrected chi connectivity index (χ0v) is 24.4. The molecule has 2 N–H and O–H groups in total. The van der Waals surface area contributed by atoms with E-state index in [4.69, 9.17) is 27.9 Å². The lowest BCUT2D eigenvalue weighted by Crippen LogP contribution is -2.21. The molecule has 4 aromatic carbocycles. The topological polar surface area (TPSA) is 96.9 Å². The molecule has 0 heterocycles. The van der Waals surface area contributed by atoms with E-state index in [1.54, 1.807) is 66.7 Å². The SMILES string of the molecule is O=C(Oc1ccc(Br)cc1/C=N\NC(=O)c1ccccc1NC(=O)c1ccc(Cl)cc1Cl)c1ccc(Br)cc1. The predicted molar refractivity (Wildman–Crippen MR) is 159 cm³/mol. The Balaban J connectivity index is 1.48. The molecule has 7 nitrogen and oxygen atoms in total. The first kappa shape index (κ1) is 28.5. The first-order valence-corrected chi connectivity index (χ1v) is 13.5. The van der Waals surface area contributed by atoms with E-state index >= 15 is 0 Å². The molecule has 39 heavy (non-hydrogen) atoms. The lowest BCUT2D eigenvalue weighted by Gasteiger charge is -2.11. The van der Waals surface area contributed by atoms with Crippen LogP contribution in [0.15, 0.2) is 99.0 Å². The molecule has 0 radical (unpaired) electrons.